The van der Waals surface area contributed by atoms with Gasteiger partial charge in [-0.2, -0.15) is 5.10 Å². The summed E-state index contributed by atoms with van der Waals surface area (Å²) in [7, 11) is 3.71. The number of hydrazone groups is 1. The topological polar surface area (TPSA) is 35.8 Å². The standard InChI is InChI=1S/C9H11BrN2O/c1-12(2)11-6-7-3-4-9(13)8(10)5-7/h3-6,13H,1-2H3/b11-6+. The number of phenolic OH excluding ortho intramolecular Hbond substituents is 1. The van der Waals surface area contributed by atoms with E-state index in [1.165, 1.54) is 0 Å². The molecule has 0 amide bonds. The van der Waals surface area contributed by atoms with Crippen molar-refractivity contribution in [3.63, 3.8) is 0 Å². The number of rotatable bonds is 2. The Morgan fingerprint density at radius 1 is 1.46 bits per heavy atom. The zero-order valence-electron chi connectivity index (χ0n) is 7.53. The highest BCUT2D eigenvalue weighted by molar-refractivity contribution is 9.10. The van der Waals surface area contributed by atoms with Gasteiger partial charge in [-0.3, -0.25) is 0 Å². The van der Waals surface area contributed by atoms with Crippen LogP contribution in [0, 0.1) is 0 Å². The first-order chi connectivity index (χ1) is 6.09. The second-order valence-corrected chi connectivity index (χ2v) is 3.66. The number of benzene rings is 1. The Morgan fingerprint density at radius 2 is 2.15 bits per heavy atom. The molecule has 13 heavy (non-hydrogen) atoms. The molecule has 0 saturated carbocycles. The van der Waals surface area contributed by atoms with Crippen LogP contribution in [-0.4, -0.2) is 30.4 Å². The first-order valence-electron chi connectivity index (χ1n) is 3.79. The summed E-state index contributed by atoms with van der Waals surface area (Å²) in [5.74, 6) is 0.238. The summed E-state index contributed by atoms with van der Waals surface area (Å²) in [4.78, 5) is 0. The molecule has 0 aliphatic heterocycles. The van der Waals surface area contributed by atoms with Gasteiger partial charge >= 0.3 is 0 Å². The summed E-state index contributed by atoms with van der Waals surface area (Å²) in [6.07, 6.45) is 1.73. The molecule has 4 heteroatoms. The minimum Gasteiger partial charge on any atom is -0.507 e. The van der Waals surface area contributed by atoms with Crippen molar-refractivity contribution in [3.8, 4) is 5.75 Å². The first-order valence-corrected chi connectivity index (χ1v) is 4.58. The number of hydrogen-bond donors (Lipinski definition) is 1. The molecule has 0 aliphatic rings. The molecular formula is C9H11BrN2O. The second-order valence-electron chi connectivity index (χ2n) is 2.80. The van der Waals surface area contributed by atoms with Crippen LogP contribution in [0.4, 0.5) is 0 Å². The zero-order chi connectivity index (χ0) is 9.84. The summed E-state index contributed by atoms with van der Waals surface area (Å²) < 4.78 is 0.676. The molecule has 0 aromatic heterocycles. The molecule has 70 valence electrons. The van der Waals surface area contributed by atoms with E-state index in [1.54, 1.807) is 23.4 Å². The lowest BCUT2D eigenvalue weighted by Crippen LogP contribution is -2.01. The number of nitrogens with zero attached hydrogens (tertiary/aromatic N) is 2. The van der Waals surface area contributed by atoms with Gasteiger partial charge in [0.2, 0.25) is 0 Å². The Bertz CT molecular complexity index is 323. The number of hydrogen-bond acceptors (Lipinski definition) is 3. The smallest absolute Gasteiger partial charge is 0.129 e. The zero-order valence-corrected chi connectivity index (χ0v) is 9.12. The van der Waals surface area contributed by atoms with Crippen molar-refractivity contribution in [1.29, 1.82) is 0 Å². The van der Waals surface area contributed by atoms with Gasteiger partial charge in [0.25, 0.3) is 0 Å². The Hall–Kier alpha value is -1.03. The molecule has 1 rings (SSSR count). The molecule has 0 heterocycles. The largest absolute Gasteiger partial charge is 0.507 e. The fourth-order valence-corrected chi connectivity index (χ4v) is 1.18. The monoisotopic (exact) mass is 242 g/mol. The van der Waals surface area contributed by atoms with Gasteiger partial charge in [0.05, 0.1) is 10.7 Å². The van der Waals surface area contributed by atoms with Gasteiger partial charge in [-0.05, 0) is 39.7 Å². The average Bonchev–Trinajstić information content (AvgIpc) is 2.07. The molecular weight excluding hydrogens is 232 g/mol. The molecule has 0 radical (unpaired) electrons. The molecule has 1 N–H and O–H groups in total. The van der Waals surface area contributed by atoms with Crippen LogP contribution in [0.25, 0.3) is 0 Å². The van der Waals surface area contributed by atoms with Gasteiger partial charge in [0, 0.05) is 14.1 Å². The van der Waals surface area contributed by atoms with Gasteiger partial charge < -0.3 is 10.1 Å². The van der Waals surface area contributed by atoms with E-state index in [0.29, 0.717) is 4.47 Å². The van der Waals surface area contributed by atoms with Gasteiger partial charge in [0.1, 0.15) is 5.75 Å². The van der Waals surface area contributed by atoms with E-state index in [1.807, 2.05) is 20.2 Å². The maximum Gasteiger partial charge on any atom is 0.129 e. The van der Waals surface area contributed by atoms with E-state index >= 15 is 0 Å². The lowest BCUT2D eigenvalue weighted by atomic mass is 10.2. The number of aromatic hydroxyl groups is 1. The maximum absolute atomic E-state index is 9.22. The van der Waals surface area contributed by atoms with E-state index in [0.717, 1.165) is 5.56 Å². The van der Waals surface area contributed by atoms with Crippen LogP contribution >= 0.6 is 15.9 Å². The van der Waals surface area contributed by atoms with Crippen LogP contribution in [0.3, 0.4) is 0 Å². The molecule has 0 unspecified atom stereocenters. The van der Waals surface area contributed by atoms with E-state index in [-0.39, 0.29) is 5.75 Å². The Labute approximate surface area is 85.8 Å². The minimum absolute atomic E-state index is 0.238. The van der Waals surface area contributed by atoms with Crippen molar-refractivity contribution >= 4 is 22.1 Å². The van der Waals surface area contributed by atoms with Crippen molar-refractivity contribution in [3.05, 3.63) is 28.2 Å². The van der Waals surface area contributed by atoms with E-state index in [4.69, 9.17) is 0 Å². The van der Waals surface area contributed by atoms with Crippen LogP contribution in [0.5, 0.6) is 5.75 Å². The average molecular weight is 243 g/mol. The lowest BCUT2D eigenvalue weighted by molar-refractivity contribution is 0.440. The van der Waals surface area contributed by atoms with Gasteiger partial charge in [0.15, 0.2) is 0 Å². The first kappa shape index (κ1) is 10.1. The van der Waals surface area contributed by atoms with E-state index < -0.39 is 0 Å². The fourth-order valence-electron chi connectivity index (χ4n) is 0.786. The van der Waals surface area contributed by atoms with Crippen LogP contribution in [0.2, 0.25) is 0 Å². The Morgan fingerprint density at radius 3 is 2.69 bits per heavy atom. The summed E-state index contributed by atoms with van der Waals surface area (Å²) in [5, 5.41) is 15.0. The lowest BCUT2D eigenvalue weighted by Gasteiger charge is -2.02. The highest BCUT2D eigenvalue weighted by Crippen LogP contribution is 2.23. The van der Waals surface area contributed by atoms with E-state index in [2.05, 4.69) is 21.0 Å². The Kier molecular flexibility index (Phi) is 3.31. The normalized spacial score (nSPS) is 10.7. The van der Waals surface area contributed by atoms with Crippen molar-refractivity contribution in [1.82, 2.24) is 5.01 Å². The molecule has 0 saturated heterocycles. The third-order valence-corrected chi connectivity index (χ3v) is 2.04. The number of halogens is 1. The SMILES string of the molecule is CN(C)/N=C/c1ccc(O)c(Br)c1. The third-order valence-electron chi connectivity index (χ3n) is 1.41. The van der Waals surface area contributed by atoms with Gasteiger partial charge in [-0.15, -0.1) is 0 Å². The second kappa shape index (κ2) is 4.28. The Balaban J connectivity index is 2.85. The summed E-state index contributed by atoms with van der Waals surface area (Å²) in [5.41, 5.74) is 0.943. The highest BCUT2D eigenvalue weighted by atomic mass is 79.9. The predicted octanol–water partition coefficient (Wildman–Crippen LogP) is 2.05. The molecule has 0 spiro atoms. The van der Waals surface area contributed by atoms with Crippen LogP contribution in [0.15, 0.2) is 27.8 Å². The van der Waals surface area contributed by atoms with Crippen molar-refractivity contribution in [2.45, 2.75) is 0 Å². The van der Waals surface area contributed by atoms with E-state index in [9.17, 15) is 5.11 Å². The van der Waals surface area contributed by atoms with Gasteiger partial charge in [-0.25, -0.2) is 0 Å². The fraction of sp³-hybridized carbons (Fsp3) is 0.222. The molecule has 0 aliphatic carbocycles. The van der Waals surface area contributed by atoms with Crippen LogP contribution < -0.4 is 0 Å². The van der Waals surface area contributed by atoms with Crippen molar-refractivity contribution < 1.29 is 5.11 Å². The summed E-state index contributed by atoms with van der Waals surface area (Å²) in [6, 6.07) is 5.23. The predicted molar refractivity (Wildman–Crippen MR) is 57.1 cm³/mol. The minimum atomic E-state index is 0.238. The van der Waals surface area contributed by atoms with Crippen LogP contribution in [0.1, 0.15) is 5.56 Å². The third kappa shape index (κ3) is 3.06. The molecule has 1 aromatic carbocycles. The maximum atomic E-state index is 9.22. The quantitative estimate of drug-likeness (QED) is 0.637. The van der Waals surface area contributed by atoms with Crippen molar-refractivity contribution in [2.24, 2.45) is 5.10 Å². The molecule has 0 fully saturated rings. The highest BCUT2D eigenvalue weighted by Gasteiger charge is 1.96. The number of phenols is 1. The summed E-state index contributed by atoms with van der Waals surface area (Å²) >= 11 is 3.23. The molecule has 0 bridgehead atoms. The summed E-state index contributed by atoms with van der Waals surface area (Å²) in [6.45, 7) is 0. The van der Waals surface area contributed by atoms with Crippen molar-refractivity contribution in [2.75, 3.05) is 14.1 Å². The molecule has 0 atom stereocenters. The van der Waals surface area contributed by atoms with Crippen LogP contribution in [-0.2, 0) is 0 Å². The molecule has 1 aromatic rings. The molecule has 3 nitrogen and oxygen atoms in total. The van der Waals surface area contributed by atoms with Gasteiger partial charge in [-0.1, -0.05) is 0 Å².